The van der Waals surface area contributed by atoms with Crippen LogP contribution in [0, 0.1) is 6.92 Å². The second-order valence-electron chi connectivity index (χ2n) is 9.63. The number of halogens is 1. The van der Waals surface area contributed by atoms with E-state index in [-0.39, 0.29) is 30.6 Å². The van der Waals surface area contributed by atoms with Crippen LogP contribution in [0.2, 0.25) is 5.02 Å². The normalized spacial score (nSPS) is 12.2. The Morgan fingerprint density at radius 2 is 1.58 bits per heavy atom. The van der Waals surface area contributed by atoms with Gasteiger partial charge in [-0.25, -0.2) is 8.42 Å². The van der Waals surface area contributed by atoms with Crippen LogP contribution in [0.5, 0.6) is 0 Å². The van der Waals surface area contributed by atoms with Crippen LogP contribution in [0.3, 0.4) is 0 Å². The fraction of sp³-hybridized carbons (Fsp3) is 0.310. The zero-order valence-electron chi connectivity index (χ0n) is 22.1. The highest BCUT2D eigenvalue weighted by molar-refractivity contribution is 7.92. The third-order valence-corrected chi connectivity index (χ3v) is 7.33. The third kappa shape index (κ3) is 8.33. The lowest BCUT2D eigenvalue weighted by molar-refractivity contribution is -0.140. The van der Waals surface area contributed by atoms with Gasteiger partial charge in [0.15, 0.2) is 0 Å². The molecular formula is C29H34ClN3O4S. The van der Waals surface area contributed by atoms with Gasteiger partial charge in [-0.2, -0.15) is 0 Å². The molecule has 0 aromatic heterocycles. The van der Waals surface area contributed by atoms with Gasteiger partial charge in [0, 0.05) is 24.0 Å². The molecule has 38 heavy (non-hydrogen) atoms. The highest BCUT2D eigenvalue weighted by atomic mass is 35.5. The fourth-order valence-electron chi connectivity index (χ4n) is 4.07. The van der Waals surface area contributed by atoms with Crippen molar-refractivity contribution in [1.29, 1.82) is 0 Å². The zero-order chi connectivity index (χ0) is 27.9. The van der Waals surface area contributed by atoms with E-state index in [2.05, 4.69) is 5.32 Å². The maximum absolute atomic E-state index is 14.0. The van der Waals surface area contributed by atoms with Gasteiger partial charge in [0.2, 0.25) is 21.8 Å². The number of amides is 2. The van der Waals surface area contributed by atoms with Gasteiger partial charge in [-0.1, -0.05) is 77.8 Å². The van der Waals surface area contributed by atoms with Crippen LogP contribution in [0.15, 0.2) is 78.9 Å². The Kier molecular flexibility index (Phi) is 9.94. The quantitative estimate of drug-likeness (QED) is 0.375. The first kappa shape index (κ1) is 29.2. The van der Waals surface area contributed by atoms with E-state index in [4.69, 9.17) is 11.6 Å². The summed E-state index contributed by atoms with van der Waals surface area (Å²) in [6.07, 6.45) is 1.31. The van der Waals surface area contributed by atoms with Gasteiger partial charge in [-0.3, -0.25) is 13.9 Å². The molecule has 3 rings (SSSR count). The van der Waals surface area contributed by atoms with Crippen LogP contribution in [0.4, 0.5) is 5.69 Å². The van der Waals surface area contributed by atoms with Crippen molar-refractivity contribution in [3.05, 3.63) is 101 Å². The number of hydrogen-bond donors (Lipinski definition) is 1. The molecule has 0 radical (unpaired) electrons. The molecule has 1 atom stereocenters. The second kappa shape index (κ2) is 12.9. The Labute approximate surface area is 230 Å². The van der Waals surface area contributed by atoms with Gasteiger partial charge in [-0.05, 0) is 50.1 Å². The molecule has 7 nitrogen and oxygen atoms in total. The molecule has 0 bridgehead atoms. The number of rotatable bonds is 11. The minimum Gasteiger partial charge on any atom is -0.352 e. The van der Waals surface area contributed by atoms with E-state index in [1.165, 1.54) is 11.0 Å². The maximum Gasteiger partial charge on any atom is 0.244 e. The summed E-state index contributed by atoms with van der Waals surface area (Å²) in [5.41, 5.74) is 3.05. The minimum atomic E-state index is -3.84. The summed E-state index contributed by atoms with van der Waals surface area (Å²) in [5.74, 6) is -0.811. The molecule has 0 aliphatic heterocycles. The van der Waals surface area contributed by atoms with Crippen LogP contribution in [0.25, 0.3) is 0 Å². The molecule has 9 heteroatoms. The van der Waals surface area contributed by atoms with E-state index < -0.39 is 28.5 Å². The lowest BCUT2D eigenvalue weighted by Crippen LogP contribution is -2.54. The van der Waals surface area contributed by atoms with E-state index in [1.54, 1.807) is 18.2 Å². The fourth-order valence-corrected chi connectivity index (χ4v) is 5.10. The largest absolute Gasteiger partial charge is 0.352 e. The summed E-state index contributed by atoms with van der Waals surface area (Å²) in [4.78, 5) is 28.9. The standard InChI is InChI=1S/C29H34ClN3O4S/c1-21(2)31-29(35)27(17-23-9-6-5-7-10-23)32(19-24-15-13-22(3)14-16-24)28(34)20-33(38(4,36)37)26-12-8-11-25(30)18-26/h5-16,18,21,27H,17,19-20H2,1-4H3,(H,31,35)/t27-/m1/s1. The van der Waals surface area contributed by atoms with E-state index in [0.29, 0.717) is 5.02 Å². The second-order valence-corrected chi connectivity index (χ2v) is 12.0. The van der Waals surface area contributed by atoms with Crippen molar-refractivity contribution in [2.45, 2.75) is 45.8 Å². The molecule has 1 N–H and O–H groups in total. The van der Waals surface area contributed by atoms with Gasteiger partial charge in [-0.15, -0.1) is 0 Å². The van der Waals surface area contributed by atoms with E-state index in [0.717, 1.165) is 27.3 Å². The number of carbonyl (C=O) groups excluding carboxylic acids is 2. The molecule has 0 fully saturated rings. The smallest absolute Gasteiger partial charge is 0.244 e. The van der Waals surface area contributed by atoms with Crippen molar-refractivity contribution in [3.63, 3.8) is 0 Å². The summed E-state index contributed by atoms with van der Waals surface area (Å²) < 4.78 is 26.6. The molecule has 0 aliphatic rings. The van der Waals surface area contributed by atoms with Gasteiger partial charge in [0.05, 0.1) is 11.9 Å². The molecular weight excluding hydrogens is 522 g/mol. The molecule has 0 saturated heterocycles. The summed E-state index contributed by atoms with van der Waals surface area (Å²) in [6, 6.07) is 22.4. The third-order valence-electron chi connectivity index (χ3n) is 5.95. The first-order chi connectivity index (χ1) is 17.9. The number of nitrogens with one attached hydrogen (secondary N) is 1. The van der Waals surface area contributed by atoms with Crippen LogP contribution in [0.1, 0.15) is 30.5 Å². The Balaban J connectivity index is 2.05. The van der Waals surface area contributed by atoms with Crippen molar-refractivity contribution in [2.24, 2.45) is 0 Å². The molecule has 0 heterocycles. The van der Waals surface area contributed by atoms with E-state index in [1.807, 2.05) is 75.4 Å². The van der Waals surface area contributed by atoms with Crippen LogP contribution in [-0.2, 0) is 32.6 Å². The number of nitrogens with zero attached hydrogens (tertiary/aromatic N) is 2. The number of sulfonamides is 1. The first-order valence-electron chi connectivity index (χ1n) is 12.4. The van der Waals surface area contributed by atoms with Crippen molar-refractivity contribution in [1.82, 2.24) is 10.2 Å². The summed E-state index contributed by atoms with van der Waals surface area (Å²) >= 11 is 6.12. The molecule has 3 aromatic rings. The van der Waals surface area contributed by atoms with E-state index >= 15 is 0 Å². The van der Waals surface area contributed by atoms with Crippen molar-refractivity contribution in [2.75, 3.05) is 17.1 Å². The van der Waals surface area contributed by atoms with Crippen molar-refractivity contribution in [3.8, 4) is 0 Å². The monoisotopic (exact) mass is 555 g/mol. The average Bonchev–Trinajstić information content (AvgIpc) is 2.85. The van der Waals surface area contributed by atoms with Crippen LogP contribution < -0.4 is 9.62 Å². The molecule has 0 saturated carbocycles. The van der Waals surface area contributed by atoms with Crippen molar-refractivity contribution >= 4 is 39.1 Å². The predicted octanol–water partition coefficient (Wildman–Crippen LogP) is 4.58. The summed E-state index contributed by atoms with van der Waals surface area (Å²) in [6.45, 7) is 5.33. The molecule has 0 spiro atoms. The average molecular weight is 556 g/mol. The number of anilines is 1. The topological polar surface area (TPSA) is 86.8 Å². The van der Waals surface area contributed by atoms with Gasteiger partial charge in [0.1, 0.15) is 12.6 Å². The van der Waals surface area contributed by atoms with Crippen LogP contribution in [-0.4, -0.2) is 50.0 Å². The Morgan fingerprint density at radius 3 is 2.16 bits per heavy atom. The number of aryl methyl sites for hydroxylation is 1. The number of hydrogen-bond acceptors (Lipinski definition) is 4. The maximum atomic E-state index is 14.0. The highest BCUT2D eigenvalue weighted by Gasteiger charge is 2.33. The molecule has 202 valence electrons. The summed E-state index contributed by atoms with van der Waals surface area (Å²) in [5, 5.41) is 3.28. The van der Waals surface area contributed by atoms with Crippen molar-refractivity contribution < 1.29 is 18.0 Å². The lowest BCUT2D eigenvalue weighted by Gasteiger charge is -2.34. The van der Waals surface area contributed by atoms with Gasteiger partial charge in [0.25, 0.3) is 0 Å². The minimum absolute atomic E-state index is 0.134. The van der Waals surface area contributed by atoms with Gasteiger partial charge >= 0.3 is 0 Å². The van der Waals surface area contributed by atoms with Crippen LogP contribution >= 0.6 is 11.6 Å². The number of carbonyl (C=O) groups is 2. The summed E-state index contributed by atoms with van der Waals surface area (Å²) in [7, 11) is -3.84. The van der Waals surface area contributed by atoms with E-state index in [9.17, 15) is 18.0 Å². The zero-order valence-corrected chi connectivity index (χ0v) is 23.7. The SMILES string of the molecule is Cc1ccc(CN(C(=O)CN(c2cccc(Cl)c2)S(C)(=O)=O)[C@H](Cc2ccccc2)C(=O)NC(C)C)cc1. The number of benzene rings is 3. The molecule has 0 unspecified atom stereocenters. The Morgan fingerprint density at radius 1 is 0.921 bits per heavy atom. The predicted molar refractivity (Wildman–Crippen MR) is 153 cm³/mol. The molecule has 0 aliphatic carbocycles. The van der Waals surface area contributed by atoms with Gasteiger partial charge < -0.3 is 10.2 Å². The molecule has 3 aromatic carbocycles. The molecule has 2 amide bonds. The lowest BCUT2D eigenvalue weighted by atomic mass is 10.0. The highest BCUT2D eigenvalue weighted by Crippen LogP contribution is 2.23. The first-order valence-corrected chi connectivity index (χ1v) is 14.6. The Hall–Kier alpha value is -3.36. The Bertz CT molecular complexity index is 1350.